The molecule has 0 bridgehead atoms. The molecule has 1 saturated heterocycles. The lowest BCUT2D eigenvalue weighted by molar-refractivity contribution is -0.139. The molecule has 2 aromatic carbocycles. The lowest BCUT2D eigenvalue weighted by atomic mass is 9.78. The van der Waals surface area contributed by atoms with Crippen LogP contribution in [0.1, 0.15) is 43.6 Å². The van der Waals surface area contributed by atoms with Gasteiger partial charge in [0.25, 0.3) is 5.91 Å². The van der Waals surface area contributed by atoms with Crippen LogP contribution >= 0.6 is 11.6 Å². The van der Waals surface area contributed by atoms with Crippen molar-refractivity contribution in [1.29, 1.82) is 0 Å². The van der Waals surface area contributed by atoms with E-state index in [1.54, 1.807) is 24.3 Å². The molecule has 158 valence electrons. The summed E-state index contributed by atoms with van der Waals surface area (Å²) >= 11 is 5.83. The van der Waals surface area contributed by atoms with E-state index in [1.807, 2.05) is 52.0 Å². The monoisotopic (exact) mass is 429 g/mol. The van der Waals surface area contributed by atoms with Gasteiger partial charge in [0.2, 0.25) is 0 Å². The number of nitrogens with one attached hydrogen (secondary N) is 1. The van der Waals surface area contributed by atoms with E-state index in [4.69, 9.17) is 20.9 Å². The molecule has 2 N–H and O–H groups in total. The van der Waals surface area contributed by atoms with Gasteiger partial charge in [-0.05, 0) is 63.0 Å². The van der Waals surface area contributed by atoms with Crippen LogP contribution in [0.3, 0.4) is 0 Å². The zero-order valence-electron chi connectivity index (χ0n) is 17.4. The van der Waals surface area contributed by atoms with Crippen LogP contribution in [0.25, 0.3) is 0 Å². The Morgan fingerprint density at radius 2 is 1.53 bits per heavy atom. The first-order chi connectivity index (χ1) is 14.0. The number of hydrogen-bond acceptors (Lipinski definition) is 4. The van der Waals surface area contributed by atoms with Gasteiger partial charge in [-0.3, -0.25) is 4.79 Å². The van der Waals surface area contributed by atoms with Crippen molar-refractivity contribution >= 4 is 36.1 Å². The third kappa shape index (κ3) is 4.86. The molecule has 1 amide bonds. The van der Waals surface area contributed by atoms with E-state index in [0.717, 1.165) is 11.0 Å². The number of rotatable bonds is 6. The predicted molar refractivity (Wildman–Crippen MR) is 116 cm³/mol. The van der Waals surface area contributed by atoms with Gasteiger partial charge in [0.15, 0.2) is 0 Å². The number of carbonyl (C=O) groups is 2. The number of carboxylic acid groups (broad SMARTS) is 1. The van der Waals surface area contributed by atoms with Gasteiger partial charge in [-0.2, -0.15) is 0 Å². The summed E-state index contributed by atoms with van der Waals surface area (Å²) in [6.45, 7) is 7.95. The third-order valence-corrected chi connectivity index (χ3v) is 5.91. The summed E-state index contributed by atoms with van der Waals surface area (Å²) in [6.07, 6.45) is 0.151. The molecule has 1 aliphatic rings. The number of carboxylic acids is 1. The van der Waals surface area contributed by atoms with Gasteiger partial charge in [-0.1, -0.05) is 35.9 Å². The number of hydrogen-bond donors (Lipinski definition) is 2. The van der Waals surface area contributed by atoms with Gasteiger partial charge in [0.05, 0.1) is 11.2 Å². The highest BCUT2D eigenvalue weighted by Crippen LogP contribution is 2.36. The molecule has 6 nitrogen and oxygen atoms in total. The van der Waals surface area contributed by atoms with Gasteiger partial charge in [-0.15, -0.1) is 0 Å². The molecule has 8 heteroatoms. The minimum Gasteiger partial charge on any atom is -0.480 e. The second-order valence-electron chi connectivity index (χ2n) is 8.41. The van der Waals surface area contributed by atoms with Crippen LogP contribution in [0.2, 0.25) is 5.02 Å². The fourth-order valence-corrected chi connectivity index (χ4v) is 3.19. The highest BCUT2D eigenvalue weighted by molar-refractivity contribution is 6.62. The largest absolute Gasteiger partial charge is 0.494 e. The number of amides is 1. The molecular weight excluding hydrogens is 405 g/mol. The Morgan fingerprint density at radius 3 is 2.03 bits per heavy atom. The van der Waals surface area contributed by atoms with Crippen LogP contribution in [0.15, 0.2) is 48.5 Å². The van der Waals surface area contributed by atoms with Crippen molar-refractivity contribution in [2.45, 2.75) is 51.4 Å². The average Bonchev–Trinajstić information content (AvgIpc) is 2.89. The molecule has 0 radical (unpaired) electrons. The lowest BCUT2D eigenvalue weighted by Crippen LogP contribution is -2.42. The highest BCUT2D eigenvalue weighted by Gasteiger charge is 2.51. The fourth-order valence-electron chi connectivity index (χ4n) is 3.07. The molecule has 1 fully saturated rings. The minimum atomic E-state index is -1.10. The van der Waals surface area contributed by atoms with Crippen LogP contribution in [0.4, 0.5) is 0 Å². The van der Waals surface area contributed by atoms with Crippen molar-refractivity contribution in [3.05, 3.63) is 64.7 Å². The maximum absolute atomic E-state index is 12.4. The zero-order chi connectivity index (χ0) is 22.1. The van der Waals surface area contributed by atoms with E-state index in [0.29, 0.717) is 10.6 Å². The first-order valence-corrected chi connectivity index (χ1v) is 10.1. The molecule has 0 aliphatic carbocycles. The Morgan fingerprint density at radius 1 is 1.00 bits per heavy atom. The van der Waals surface area contributed by atoms with Crippen LogP contribution in [-0.4, -0.2) is 41.3 Å². The SMILES string of the molecule is CC1(C)OB(c2ccc(C[C@H](NC(=O)c3ccc(Cl)cc3)C(=O)O)cc2)OC1(C)C. The van der Waals surface area contributed by atoms with Crippen molar-refractivity contribution in [1.82, 2.24) is 5.32 Å². The highest BCUT2D eigenvalue weighted by atomic mass is 35.5. The first kappa shape index (κ1) is 22.3. The van der Waals surface area contributed by atoms with Gasteiger partial charge >= 0.3 is 13.1 Å². The van der Waals surface area contributed by atoms with E-state index in [2.05, 4.69) is 5.32 Å². The Bertz CT molecular complexity index is 912. The Hall–Kier alpha value is -2.35. The fraction of sp³-hybridized carbons (Fsp3) is 0.364. The maximum Gasteiger partial charge on any atom is 0.494 e. The van der Waals surface area contributed by atoms with E-state index >= 15 is 0 Å². The summed E-state index contributed by atoms with van der Waals surface area (Å²) in [5.41, 5.74) is 1.11. The standard InChI is InChI=1S/C22H25BClNO5/c1-21(2)22(3,4)30-23(29-21)16-9-5-14(6-10-16)13-18(20(27)28)25-19(26)15-7-11-17(24)12-8-15/h5-12,18H,13H2,1-4H3,(H,25,26)(H,27,28)/t18-/m0/s1. The van der Waals surface area contributed by atoms with Gasteiger partial charge < -0.3 is 19.7 Å². The van der Waals surface area contributed by atoms with Crippen LogP contribution in [0, 0.1) is 0 Å². The number of benzene rings is 2. The number of aliphatic carboxylic acids is 1. The smallest absolute Gasteiger partial charge is 0.480 e. The van der Waals surface area contributed by atoms with E-state index in [-0.39, 0.29) is 6.42 Å². The second-order valence-corrected chi connectivity index (χ2v) is 8.84. The summed E-state index contributed by atoms with van der Waals surface area (Å²) in [7, 11) is -0.482. The van der Waals surface area contributed by atoms with Gasteiger partial charge in [0, 0.05) is 17.0 Å². The van der Waals surface area contributed by atoms with Gasteiger partial charge in [-0.25, -0.2) is 4.79 Å². The molecule has 1 heterocycles. The molecule has 1 atom stereocenters. The zero-order valence-corrected chi connectivity index (χ0v) is 18.2. The summed E-state index contributed by atoms with van der Waals surface area (Å²) in [4.78, 5) is 24.0. The predicted octanol–water partition coefficient (Wildman–Crippen LogP) is 3.06. The Labute approximate surface area is 181 Å². The third-order valence-electron chi connectivity index (χ3n) is 5.65. The lowest BCUT2D eigenvalue weighted by Gasteiger charge is -2.32. The minimum absolute atomic E-state index is 0.151. The van der Waals surface area contributed by atoms with Crippen molar-refractivity contribution in [2.75, 3.05) is 0 Å². The van der Waals surface area contributed by atoms with E-state index in [1.165, 1.54) is 0 Å². The molecule has 0 aromatic heterocycles. The van der Waals surface area contributed by atoms with Gasteiger partial charge in [0.1, 0.15) is 6.04 Å². The topological polar surface area (TPSA) is 84.9 Å². The van der Waals surface area contributed by atoms with E-state index < -0.39 is 36.2 Å². The van der Waals surface area contributed by atoms with E-state index in [9.17, 15) is 14.7 Å². The molecule has 0 unspecified atom stereocenters. The maximum atomic E-state index is 12.4. The average molecular weight is 430 g/mol. The normalized spacial score (nSPS) is 18.1. The quantitative estimate of drug-likeness (QED) is 0.689. The number of carbonyl (C=O) groups excluding carboxylic acids is 1. The molecule has 2 aromatic rings. The van der Waals surface area contributed by atoms with Crippen LogP contribution < -0.4 is 10.8 Å². The van der Waals surface area contributed by atoms with Crippen LogP contribution in [0.5, 0.6) is 0 Å². The molecule has 1 aliphatic heterocycles. The summed E-state index contributed by atoms with van der Waals surface area (Å²) in [5, 5.41) is 12.6. The second kappa shape index (κ2) is 8.42. The Kier molecular flexibility index (Phi) is 6.27. The molecular formula is C22H25BClNO5. The summed E-state index contributed by atoms with van der Waals surface area (Å²) in [6, 6.07) is 12.6. The Balaban J connectivity index is 1.67. The molecule has 0 spiro atoms. The van der Waals surface area contributed by atoms with Crippen molar-refractivity contribution in [2.24, 2.45) is 0 Å². The summed E-state index contributed by atoms with van der Waals surface area (Å²) < 4.78 is 12.1. The molecule has 30 heavy (non-hydrogen) atoms. The van der Waals surface area contributed by atoms with Crippen molar-refractivity contribution < 1.29 is 24.0 Å². The number of halogens is 1. The summed E-state index contributed by atoms with van der Waals surface area (Å²) in [5.74, 6) is -1.57. The molecule has 3 rings (SSSR count). The first-order valence-electron chi connectivity index (χ1n) is 9.72. The molecule has 0 saturated carbocycles. The van der Waals surface area contributed by atoms with Crippen molar-refractivity contribution in [3.8, 4) is 0 Å². The van der Waals surface area contributed by atoms with Crippen LogP contribution in [-0.2, 0) is 20.5 Å². The van der Waals surface area contributed by atoms with Crippen molar-refractivity contribution in [3.63, 3.8) is 0 Å².